The van der Waals surface area contributed by atoms with Gasteiger partial charge in [0.25, 0.3) is 0 Å². The number of fused-ring (bicyclic) bond motifs is 8. The number of anilines is 3. The Labute approximate surface area is 357 Å². The summed E-state index contributed by atoms with van der Waals surface area (Å²) in [6, 6.07) is 81.1. The molecule has 0 aliphatic carbocycles. The molecule has 0 amide bonds. The van der Waals surface area contributed by atoms with Crippen LogP contribution in [-0.2, 0) is 0 Å². The van der Waals surface area contributed by atoms with Crippen molar-refractivity contribution in [3.05, 3.63) is 224 Å². The van der Waals surface area contributed by atoms with Gasteiger partial charge in [0.05, 0.1) is 0 Å². The van der Waals surface area contributed by atoms with Crippen LogP contribution in [0.2, 0.25) is 0 Å². The van der Waals surface area contributed by atoms with Crippen LogP contribution >= 0.6 is 11.3 Å². The SMILES string of the molecule is c1ccc(-c2cccc(-c3ccc(N(c4ccc(-c5ccc6c(c5)sc5ccccc56)cc4)c4ccc(-c5cccc6oc7c8ccccc8ccc7c56)cc4)cc3)c2)cc1. The molecule has 61 heavy (non-hydrogen) atoms. The summed E-state index contributed by atoms with van der Waals surface area (Å²) < 4.78 is 9.18. The molecule has 0 spiro atoms. The molecule has 3 heteroatoms. The summed E-state index contributed by atoms with van der Waals surface area (Å²) in [5.41, 5.74) is 14.6. The van der Waals surface area contributed by atoms with Crippen LogP contribution < -0.4 is 4.90 Å². The van der Waals surface area contributed by atoms with Crippen LogP contribution in [-0.4, -0.2) is 0 Å². The molecule has 10 aromatic carbocycles. The molecular weight excluding hydrogens is 759 g/mol. The third kappa shape index (κ3) is 6.18. The first kappa shape index (κ1) is 35.2. The van der Waals surface area contributed by atoms with E-state index < -0.39 is 0 Å². The van der Waals surface area contributed by atoms with Gasteiger partial charge in [0, 0.05) is 53.4 Å². The van der Waals surface area contributed by atoms with Crippen molar-refractivity contribution in [1.29, 1.82) is 0 Å². The molecule has 0 fully saturated rings. The predicted molar refractivity (Wildman–Crippen MR) is 261 cm³/mol. The minimum absolute atomic E-state index is 0.899. The molecule has 12 rings (SSSR count). The predicted octanol–water partition coefficient (Wildman–Crippen LogP) is 17.2. The van der Waals surface area contributed by atoms with Gasteiger partial charge < -0.3 is 9.32 Å². The van der Waals surface area contributed by atoms with E-state index in [0.717, 1.165) is 55.5 Å². The van der Waals surface area contributed by atoms with Gasteiger partial charge in [-0.2, -0.15) is 0 Å². The fourth-order valence-corrected chi connectivity index (χ4v) is 10.2. The van der Waals surface area contributed by atoms with Crippen molar-refractivity contribution in [3.8, 4) is 44.5 Å². The minimum Gasteiger partial charge on any atom is -0.455 e. The largest absolute Gasteiger partial charge is 0.455 e. The van der Waals surface area contributed by atoms with Crippen molar-refractivity contribution in [2.24, 2.45) is 0 Å². The van der Waals surface area contributed by atoms with Gasteiger partial charge in [-0.05, 0) is 117 Å². The number of hydrogen-bond donors (Lipinski definition) is 0. The Hall–Kier alpha value is -7.72. The number of nitrogens with zero attached hydrogens (tertiary/aromatic N) is 1. The Bertz CT molecular complexity index is 3560. The van der Waals surface area contributed by atoms with Crippen molar-refractivity contribution in [2.45, 2.75) is 0 Å². The molecule has 0 bridgehead atoms. The lowest BCUT2D eigenvalue weighted by atomic mass is 9.97. The summed E-state index contributed by atoms with van der Waals surface area (Å²) in [7, 11) is 0. The summed E-state index contributed by atoms with van der Waals surface area (Å²) in [5, 5.41) is 7.23. The van der Waals surface area contributed by atoms with E-state index in [-0.39, 0.29) is 0 Å². The maximum Gasteiger partial charge on any atom is 0.143 e. The maximum absolute atomic E-state index is 6.54. The standard InChI is InChI=1S/C58H37NOS/c1-2-10-38(11-3-1)43-13-8-14-44(36-43)39-20-28-46(29-21-39)59(47-30-22-40(23-31-47)45-27-34-52-51-16-6-7-19-55(51)61-56(52)37-45)48-32-24-42(25-33-48)49-17-9-18-54-57(49)53-35-26-41-12-4-5-15-50(41)58(53)60-54/h1-37H. The van der Waals surface area contributed by atoms with E-state index in [9.17, 15) is 0 Å². The van der Waals surface area contributed by atoms with Gasteiger partial charge >= 0.3 is 0 Å². The molecule has 0 radical (unpaired) electrons. The summed E-state index contributed by atoms with van der Waals surface area (Å²) in [4.78, 5) is 2.35. The second-order valence-corrected chi connectivity index (χ2v) is 16.8. The van der Waals surface area contributed by atoms with E-state index >= 15 is 0 Å². The second-order valence-electron chi connectivity index (χ2n) is 15.7. The third-order valence-corrected chi connectivity index (χ3v) is 13.2. The van der Waals surface area contributed by atoms with Crippen molar-refractivity contribution >= 4 is 81.3 Å². The molecule has 0 saturated carbocycles. The number of rotatable bonds is 7. The Morgan fingerprint density at radius 2 is 0.852 bits per heavy atom. The molecule has 2 nitrogen and oxygen atoms in total. The van der Waals surface area contributed by atoms with Gasteiger partial charge in [-0.15, -0.1) is 11.3 Å². The summed E-state index contributed by atoms with van der Waals surface area (Å²) in [6.07, 6.45) is 0. The van der Waals surface area contributed by atoms with Crippen molar-refractivity contribution < 1.29 is 4.42 Å². The fourth-order valence-electron chi connectivity index (χ4n) is 9.05. The van der Waals surface area contributed by atoms with Crippen LogP contribution in [0.1, 0.15) is 0 Å². The average molecular weight is 796 g/mol. The highest BCUT2D eigenvalue weighted by Gasteiger charge is 2.18. The molecular formula is C58H37NOS. The summed E-state index contributed by atoms with van der Waals surface area (Å²) in [5.74, 6) is 0. The highest BCUT2D eigenvalue weighted by Crippen LogP contribution is 2.43. The zero-order valence-corrected chi connectivity index (χ0v) is 33.9. The van der Waals surface area contributed by atoms with Crippen LogP contribution in [0.5, 0.6) is 0 Å². The third-order valence-electron chi connectivity index (χ3n) is 12.1. The Kier molecular flexibility index (Phi) is 8.39. The van der Waals surface area contributed by atoms with Crippen LogP contribution in [0.15, 0.2) is 229 Å². The molecule has 0 unspecified atom stereocenters. The number of thiophene rings is 1. The van der Waals surface area contributed by atoms with Crippen LogP contribution in [0.25, 0.3) is 97.4 Å². The van der Waals surface area contributed by atoms with Crippen molar-refractivity contribution in [2.75, 3.05) is 4.90 Å². The van der Waals surface area contributed by atoms with Gasteiger partial charge in [0.2, 0.25) is 0 Å². The van der Waals surface area contributed by atoms with E-state index in [4.69, 9.17) is 4.42 Å². The molecule has 286 valence electrons. The lowest BCUT2D eigenvalue weighted by Gasteiger charge is -2.26. The quantitative estimate of drug-likeness (QED) is 0.160. The molecule has 0 saturated heterocycles. The zero-order chi connectivity index (χ0) is 40.3. The van der Waals surface area contributed by atoms with Crippen LogP contribution in [0, 0.1) is 0 Å². The van der Waals surface area contributed by atoms with Crippen molar-refractivity contribution in [1.82, 2.24) is 0 Å². The average Bonchev–Trinajstić information content (AvgIpc) is 3.91. The lowest BCUT2D eigenvalue weighted by Crippen LogP contribution is -2.09. The van der Waals surface area contributed by atoms with Gasteiger partial charge in [-0.25, -0.2) is 0 Å². The second kappa shape index (κ2) is 14.5. The van der Waals surface area contributed by atoms with Crippen molar-refractivity contribution in [3.63, 3.8) is 0 Å². The maximum atomic E-state index is 6.54. The first-order chi connectivity index (χ1) is 30.2. The first-order valence-corrected chi connectivity index (χ1v) is 21.5. The van der Waals surface area contributed by atoms with Gasteiger partial charge in [0.15, 0.2) is 0 Å². The van der Waals surface area contributed by atoms with E-state index in [1.165, 1.54) is 58.9 Å². The first-order valence-electron chi connectivity index (χ1n) is 20.7. The summed E-state index contributed by atoms with van der Waals surface area (Å²) >= 11 is 1.86. The van der Waals surface area contributed by atoms with Gasteiger partial charge in [-0.1, -0.05) is 158 Å². The van der Waals surface area contributed by atoms with Gasteiger partial charge in [-0.3, -0.25) is 0 Å². The number of benzene rings is 10. The Balaban J connectivity index is 0.930. The van der Waals surface area contributed by atoms with Crippen LogP contribution in [0.4, 0.5) is 17.1 Å². The monoisotopic (exact) mass is 795 g/mol. The highest BCUT2D eigenvalue weighted by molar-refractivity contribution is 7.25. The molecule has 0 N–H and O–H groups in total. The smallest absolute Gasteiger partial charge is 0.143 e. The molecule has 0 atom stereocenters. The normalized spacial score (nSPS) is 11.6. The molecule has 2 aromatic heterocycles. The van der Waals surface area contributed by atoms with E-state index in [0.29, 0.717) is 0 Å². The minimum atomic E-state index is 0.899. The number of furan rings is 1. The molecule has 2 heterocycles. The molecule has 0 aliphatic rings. The van der Waals surface area contributed by atoms with E-state index in [1.54, 1.807) is 0 Å². The Morgan fingerprint density at radius 3 is 1.57 bits per heavy atom. The molecule has 12 aromatic rings. The highest BCUT2D eigenvalue weighted by atomic mass is 32.1. The van der Waals surface area contributed by atoms with E-state index in [2.05, 4.69) is 229 Å². The Morgan fingerprint density at radius 1 is 0.328 bits per heavy atom. The lowest BCUT2D eigenvalue weighted by molar-refractivity contribution is 0.673. The van der Waals surface area contributed by atoms with Crippen LogP contribution in [0.3, 0.4) is 0 Å². The fraction of sp³-hybridized carbons (Fsp3) is 0. The topological polar surface area (TPSA) is 16.4 Å². The molecule has 0 aliphatic heterocycles. The zero-order valence-electron chi connectivity index (χ0n) is 33.1. The summed E-state index contributed by atoms with van der Waals surface area (Å²) in [6.45, 7) is 0. The van der Waals surface area contributed by atoms with Gasteiger partial charge in [0.1, 0.15) is 11.2 Å². The number of hydrogen-bond acceptors (Lipinski definition) is 3. The van der Waals surface area contributed by atoms with E-state index in [1.807, 2.05) is 11.3 Å².